The molecule has 0 radical (unpaired) electrons. The molecule has 3 saturated carbocycles. The molecule has 1 spiro atoms. The summed E-state index contributed by atoms with van der Waals surface area (Å²) in [5.74, 6) is -0.0450. The van der Waals surface area contributed by atoms with Crippen LogP contribution < -0.4 is 0 Å². The van der Waals surface area contributed by atoms with Gasteiger partial charge in [-0.2, -0.15) is 0 Å². The molecule has 0 aromatic rings. The Kier molecular flexibility index (Phi) is 1.90. The molecule has 1 heterocycles. The highest BCUT2D eigenvalue weighted by Crippen LogP contribution is 2.77. The minimum atomic E-state index is -0.712. The van der Waals surface area contributed by atoms with Crippen LogP contribution in [-0.2, 0) is 4.74 Å². The highest BCUT2D eigenvalue weighted by atomic mass is 16.6. The van der Waals surface area contributed by atoms with Gasteiger partial charge in [-0.15, -0.1) is 0 Å². The first-order valence-electron chi connectivity index (χ1n) is 7.11. The van der Waals surface area contributed by atoms with E-state index in [0.29, 0.717) is 0 Å². The summed E-state index contributed by atoms with van der Waals surface area (Å²) < 4.78 is 5.74. The summed E-state index contributed by atoms with van der Waals surface area (Å²) in [6.07, 6.45) is -1.37. The van der Waals surface area contributed by atoms with Gasteiger partial charge < -0.3 is 20.1 Å². The lowest BCUT2D eigenvalue weighted by Gasteiger charge is -2.39. The smallest absolute Gasteiger partial charge is 0.133 e. The van der Waals surface area contributed by atoms with Gasteiger partial charge in [0.05, 0.1) is 12.2 Å². The van der Waals surface area contributed by atoms with Crippen molar-refractivity contribution in [3.05, 3.63) is 12.2 Å². The van der Waals surface area contributed by atoms with Crippen LogP contribution in [0.3, 0.4) is 0 Å². The zero-order valence-electron chi connectivity index (χ0n) is 11.6. The van der Waals surface area contributed by atoms with Gasteiger partial charge in [0.2, 0.25) is 0 Å². The predicted molar refractivity (Wildman–Crippen MR) is 68.2 cm³/mol. The van der Waals surface area contributed by atoms with Crippen molar-refractivity contribution in [3.63, 3.8) is 0 Å². The van der Waals surface area contributed by atoms with Crippen molar-refractivity contribution < 1.29 is 20.1 Å². The SMILES string of the molecule is C=C1[C@@H](O)[C@H]2O[C@]23[C@@H](O)[C@H]2CC(C)(C)[C@H](O)[C@H]2[C@]13C. The van der Waals surface area contributed by atoms with E-state index in [2.05, 4.69) is 6.58 Å². The van der Waals surface area contributed by atoms with Crippen molar-refractivity contribution >= 4 is 0 Å². The molecule has 1 saturated heterocycles. The molecule has 19 heavy (non-hydrogen) atoms. The maximum absolute atomic E-state index is 10.7. The Balaban J connectivity index is 1.88. The molecule has 4 heteroatoms. The van der Waals surface area contributed by atoms with E-state index in [0.717, 1.165) is 12.0 Å². The lowest BCUT2D eigenvalue weighted by Crippen LogP contribution is -2.44. The summed E-state index contributed by atoms with van der Waals surface area (Å²) in [6.45, 7) is 10.1. The molecule has 8 atom stereocenters. The highest BCUT2D eigenvalue weighted by molar-refractivity contribution is 5.46. The first-order valence-corrected chi connectivity index (χ1v) is 7.11. The van der Waals surface area contributed by atoms with Gasteiger partial charge in [-0.05, 0) is 23.3 Å². The monoisotopic (exact) mass is 266 g/mol. The highest BCUT2D eigenvalue weighted by Gasteiger charge is 2.88. The average molecular weight is 266 g/mol. The van der Waals surface area contributed by atoms with Crippen molar-refractivity contribution in [1.29, 1.82) is 0 Å². The second-order valence-electron chi connectivity index (χ2n) is 7.78. The van der Waals surface area contributed by atoms with E-state index in [1.807, 2.05) is 20.8 Å². The largest absolute Gasteiger partial charge is 0.392 e. The molecular formula is C15H22O4. The maximum atomic E-state index is 10.7. The molecule has 4 rings (SSSR count). The zero-order valence-corrected chi connectivity index (χ0v) is 11.6. The molecule has 4 nitrogen and oxygen atoms in total. The molecule has 3 aliphatic carbocycles. The van der Waals surface area contributed by atoms with Gasteiger partial charge in [0.15, 0.2) is 0 Å². The van der Waals surface area contributed by atoms with Crippen LogP contribution >= 0.6 is 0 Å². The number of aliphatic hydroxyl groups excluding tert-OH is 3. The number of hydrogen-bond donors (Lipinski definition) is 3. The molecule has 106 valence electrons. The first kappa shape index (κ1) is 12.3. The number of ether oxygens (including phenoxy) is 1. The Bertz CT molecular complexity index is 487. The average Bonchev–Trinajstić information content (AvgIpc) is 2.97. The minimum absolute atomic E-state index is 0.0317. The minimum Gasteiger partial charge on any atom is -0.392 e. The van der Waals surface area contributed by atoms with Gasteiger partial charge in [-0.25, -0.2) is 0 Å². The van der Waals surface area contributed by atoms with E-state index >= 15 is 0 Å². The second-order valence-corrected chi connectivity index (χ2v) is 7.78. The Morgan fingerprint density at radius 3 is 2.42 bits per heavy atom. The van der Waals surface area contributed by atoms with Crippen molar-refractivity contribution in [2.75, 3.05) is 0 Å². The molecule has 4 aliphatic rings. The molecular weight excluding hydrogens is 244 g/mol. The van der Waals surface area contributed by atoms with E-state index in [4.69, 9.17) is 4.74 Å². The molecule has 0 bridgehead atoms. The fourth-order valence-corrected chi connectivity index (χ4v) is 5.60. The van der Waals surface area contributed by atoms with E-state index in [1.165, 1.54) is 0 Å². The number of aliphatic hydroxyl groups is 3. The molecule has 1 aliphatic heterocycles. The van der Waals surface area contributed by atoms with E-state index < -0.39 is 29.3 Å². The van der Waals surface area contributed by atoms with Crippen LogP contribution in [0.2, 0.25) is 0 Å². The Morgan fingerprint density at radius 2 is 1.79 bits per heavy atom. The van der Waals surface area contributed by atoms with Crippen LogP contribution in [-0.4, -0.2) is 45.3 Å². The van der Waals surface area contributed by atoms with Crippen LogP contribution in [0.5, 0.6) is 0 Å². The molecule has 0 amide bonds. The van der Waals surface area contributed by atoms with Crippen molar-refractivity contribution in [2.45, 2.75) is 57.2 Å². The molecule has 0 aromatic carbocycles. The van der Waals surface area contributed by atoms with E-state index in [-0.39, 0.29) is 23.4 Å². The Morgan fingerprint density at radius 1 is 1.16 bits per heavy atom. The Hall–Kier alpha value is -0.420. The third-order valence-electron chi connectivity index (χ3n) is 6.69. The third kappa shape index (κ3) is 0.963. The van der Waals surface area contributed by atoms with Crippen LogP contribution in [0.25, 0.3) is 0 Å². The fraction of sp³-hybridized carbons (Fsp3) is 0.867. The topological polar surface area (TPSA) is 73.2 Å². The van der Waals surface area contributed by atoms with Gasteiger partial charge in [0.1, 0.15) is 17.8 Å². The molecule has 3 N–H and O–H groups in total. The molecule has 0 unspecified atom stereocenters. The van der Waals surface area contributed by atoms with Gasteiger partial charge in [-0.3, -0.25) is 0 Å². The van der Waals surface area contributed by atoms with Crippen LogP contribution in [0.4, 0.5) is 0 Å². The lowest BCUT2D eigenvalue weighted by molar-refractivity contribution is -0.0210. The number of hydrogen-bond acceptors (Lipinski definition) is 4. The van der Waals surface area contributed by atoms with Crippen LogP contribution in [0.1, 0.15) is 27.2 Å². The molecule has 4 fully saturated rings. The summed E-state index contributed by atoms with van der Waals surface area (Å²) in [7, 11) is 0. The zero-order chi connectivity index (χ0) is 14.0. The predicted octanol–water partition coefficient (Wildman–Crippen LogP) is 0.459. The normalized spacial score (nSPS) is 64.8. The van der Waals surface area contributed by atoms with Gasteiger partial charge in [0, 0.05) is 11.3 Å². The number of rotatable bonds is 0. The summed E-state index contributed by atoms with van der Waals surface area (Å²) in [5, 5.41) is 31.6. The van der Waals surface area contributed by atoms with Crippen molar-refractivity contribution in [1.82, 2.24) is 0 Å². The molecule has 0 aromatic heterocycles. The summed E-state index contributed by atoms with van der Waals surface area (Å²) in [6, 6.07) is 0. The van der Waals surface area contributed by atoms with Crippen molar-refractivity contribution in [2.24, 2.45) is 22.7 Å². The third-order valence-corrected chi connectivity index (χ3v) is 6.69. The van der Waals surface area contributed by atoms with Gasteiger partial charge in [0.25, 0.3) is 0 Å². The maximum Gasteiger partial charge on any atom is 0.133 e. The number of epoxide rings is 1. The van der Waals surface area contributed by atoms with E-state index in [1.54, 1.807) is 0 Å². The fourth-order valence-electron chi connectivity index (χ4n) is 5.60. The van der Waals surface area contributed by atoms with Crippen molar-refractivity contribution in [3.8, 4) is 0 Å². The second kappa shape index (κ2) is 2.93. The summed E-state index contributed by atoms with van der Waals surface area (Å²) >= 11 is 0. The number of fused-ring (bicyclic) bond motifs is 2. The van der Waals surface area contributed by atoms with Gasteiger partial charge >= 0.3 is 0 Å². The van der Waals surface area contributed by atoms with Gasteiger partial charge in [-0.1, -0.05) is 27.4 Å². The standard InChI is InChI=1S/C15H22O4/c1-6-9(16)12-15(19-12)10(17)7-5-13(2,3)11(18)8(7)14(6,15)4/h7-12,16-18H,1,5H2,2-4H3/t7-,8-,9+,10-,11+,12+,14-,15+/m0/s1. The quantitative estimate of drug-likeness (QED) is 0.440. The van der Waals surface area contributed by atoms with E-state index in [9.17, 15) is 15.3 Å². The van der Waals surface area contributed by atoms with Crippen LogP contribution in [0, 0.1) is 22.7 Å². The van der Waals surface area contributed by atoms with Crippen LogP contribution in [0.15, 0.2) is 12.2 Å². The lowest BCUT2D eigenvalue weighted by atomic mass is 9.68. The summed E-state index contributed by atoms with van der Waals surface area (Å²) in [4.78, 5) is 0. The first-order chi connectivity index (χ1) is 8.69. The summed E-state index contributed by atoms with van der Waals surface area (Å²) in [5.41, 5.74) is -0.698. The Labute approximate surface area is 113 Å².